The number of carbonyl (C=O) groups excluding carboxylic acids is 1. The van der Waals surface area contributed by atoms with Crippen LogP contribution in [0.15, 0.2) is 18.2 Å². The molecule has 0 bridgehead atoms. The summed E-state index contributed by atoms with van der Waals surface area (Å²) in [6, 6.07) is 4.15. The van der Waals surface area contributed by atoms with Crippen molar-refractivity contribution in [3.8, 4) is 0 Å². The SMILES string of the molecule is CC(=O)c1ccc(N(C)CCC(=O)O)c([N+](=O)[O-])c1. The largest absolute Gasteiger partial charge is 0.481 e. The Bertz CT molecular complexity index is 527. The molecule has 0 aromatic heterocycles. The van der Waals surface area contributed by atoms with E-state index in [9.17, 15) is 19.7 Å². The lowest BCUT2D eigenvalue weighted by Crippen LogP contribution is -2.22. The van der Waals surface area contributed by atoms with E-state index in [1.165, 1.54) is 30.0 Å². The number of ketones is 1. The van der Waals surface area contributed by atoms with E-state index in [2.05, 4.69) is 0 Å². The van der Waals surface area contributed by atoms with Crippen LogP contribution in [0.2, 0.25) is 0 Å². The van der Waals surface area contributed by atoms with Gasteiger partial charge in [-0.2, -0.15) is 0 Å². The molecule has 0 saturated carbocycles. The first-order chi connectivity index (χ1) is 8.82. The maximum absolute atomic E-state index is 11.2. The van der Waals surface area contributed by atoms with Gasteiger partial charge in [0, 0.05) is 25.2 Å². The van der Waals surface area contributed by atoms with Gasteiger partial charge in [-0.05, 0) is 19.1 Å². The molecule has 1 rings (SSSR count). The van der Waals surface area contributed by atoms with Crippen molar-refractivity contribution in [3.05, 3.63) is 33.9 Å². The molecule has 1 N–H and O–H groups in total. The molecule has 0 radical (unpaired) electrons. The lowest BCUT2D eigenvalue weighted by atomic mass is 10.1. The van der Waals surface area contributed by atoms with Crippen molar-refractivity contribution >= 4 is 23.1 Å². The monoisotopic (exact) mass is 266 g/mol. The molecule has 0 aliphatic heterocycles. The fourth-order valence-corrected chi connectivity index (χ4v) is 1.60. The normalized spacial score (nSPS) is 10.0. The van der Waals surface area contributed by atoms with E-state index in [-0.39, 0.29) is 35.7 Å². The minimum Gasteiger partial charge on any atom is -0.481 e. The number of carboxylic acids is 1. The molecule has 0 aliphatic rings. The van der Waals surface area contributed by atoms with Crippen LogP contribution in [0.4, 0.5) is 11.4 Å². The van der Waals surface area contributed by atoms with Gasteiger partial charge < -0.3 is 10.0 Å². The van der Waals surface area contributed by atoms with Gasteiger partial charge in [-0.25, -0.2) is 0 Å². The Morgan fingerprint density at radius 3 is 2.53 bits per heavy atom. The first kappa shape index (κ1) is 14.6. The Balaban J connectivity index is 3.09. The van der Waals surface area contributed by atoms with Crippen molar-refractivity contribution in [2.24, 2.45) is 0 Å². The third-order valence-corrected chi connectivity index (χ3v) is 2.65. The highest BCUT2D eigenvalue weighted by atomic mass is 16.6. The molecule has 0 saturated heterocycles. The van der Waals surface area contributed by atoms with Crippen LogP contribution in [-0.4, -0.2) is 35.4 Å². The Kier molecular flexibility index (Phi) is 4.57. The molecule has 1 aromatic rings. The molecule has 0 aliphatic carbocycles. The summed E-state index contributed by atoms with van der Waals surface area (Å²) < 4.78 is 0. The van der Waals surface area contributed by atoms with E-state index in [0.717, 1.165) is 0 Å². The van der Waals surface area contributed by atoms with Crippen molar-refractivity contribution in [1.82, 2.24) is 0 Å². The van der Waals surface area contributed by atoms with Gasteiger partial charge in [0.25, 0.3) is 5.69 Å². The topological polar surface area (TPSA) is 101 Å². The molecule has 0 heterocycles. The van der Waals surface area contributed by atoms with Crippen LogP contribution in [0, 0.1) is 10.1 Å². The number of aliphatic carboxylic acids is 1. The highest BCUT2D eigenvalue weighted by molar-refractivity contribution is 5.95. The zero-order valence-electron chi connectivity index (χ0n) is 10.6. The molecule has 1 aromatic carbocycles. The van der Waals surface area contributed by atoms with Crippen molar-refractivity contribution < 1.29 is 19.6 Å². The first-order valence-electron chi connectivity index (χ1n) is 5.55. The number of hydrogen-bond acceptors (Lipinski definition) is 5. The fourth-order valence-electron chi connectivity index (χ4n) is 1.60. The highest BCUT2D eigenvalue weighted by Crippen LogP contribution is 2.28. The number of nitro groups is 1. The van der Waals surface area contributed by atoms with Gasteiger partial charge in [-0.3, -0.25) is 19.7 Å². The molecule has 0 fully saturated rings. The Morgan fingerprint density at radius 1 is 1.42 bits per heavy atom. The summed E-state index contributed by atoms with van der Waals surface area (Å²) in [6.45, 7) is 1.47. The second-order valence-corrected chi connectivity index (χ2v) is 4.08. The number of carbonyl (C=O) groups is 2. The van der Waals surface area contributed by atoms with E-state index >= 15 is 0 Å². The number of Topliss-reactive ketones (excluding diaryl/α,β-unsaturated/α-hetero) is 1. The number of nitro benzene ring substituents is 1. The van der Waals surface area contributed by atoms with Gasteiger partial charge in [-0.15, -0.1) is 0 Å². The van der Waals surface area contributed by atoms with Crippen LogP contribution < -0.4 is 4.90 Å². The minimum absolute atomic E-state index is 0.123. The molecule has 7 nitrogen and oxygen atoms in total. The van der Waals surface area contributed by atoms with E-state index in [1.807, 2.05) is 0 Å². The van der Waals surface area contributed by atoms with Crippen molar-refractivity contribution in [1.29, 1.82) is 0 Å². The smallest absolute Gasteiger partial charge is 0.305 e. The zero-order valence-corrected chi connectivity index (χ0v) is 10.6. The second kappa shape index (κ2) is 5.94. The number of nitrogens with zero attached hydrogens (tertiary/aromatic N) is 2. The summed E-state index contributed by atoms with van der Waals surface area (Å²) in [7, 11) is 1.57. The summed E-state index contributed by atoms with van der Waals surface area (Å²) >= 11 is 0. The number of carboxylic acid groups (broad SMARTS) is 1. The number of rotatable bonds is 6. The standard InChI is InChI=1S/C12H14N2O5/c1-8(15)9-3-4-10(11(7-9)14(18)19)13(2)6-5-12(16)17/h3-4,7H,5-6H2,1-2H3,(H,16,17). The predicted molar refractivity (Wildman–Crippen MR) is 68.6 cm³/mol. The summed E-state index contributed by atoms with van der Waals surface area (Å²) in [5, 5.41) is 19.6. The summed E-state index contributed by atoms with van der Waals surface area (Å²) in [4.78, 5) is 33.6. The number of hydrogen-bond donors (Lipinski definition) is 1. The van der Waals surface area contributed by atoms with Crippen molar-refractivity contribution in [2.45, 2.75) is 13.3 Å². The van der Waals surface area contributed by atoms with Crippen LogP contribution in [0.25, 0.3) is 0 Å². The molecule has 0 unspecified atom stereocenters. The van der Waals surface area contributed by atoms with Gasteiger partial charge in [0.1, 0.15) is 5.69 Å². The van der Waals surface area contributed by atoms with Crippen molar-refractivity contribution in [2.75, 3.05) is 18.5 Å². The highest BCUT2D eigenvalue weighted by Gasteiger charge is 2.19. The Morgan fingerprint density at radius 2 is 2.05 bits per heavy atom. The second-order valence-electron chi connectivity index (χ2n) is 4.08. The number of benzene rings is 1. The van der Waals surface area contributed by atoms with E-state index < -0.39 is 10.9 Å². The molecule has 102 valence electrons. The first-order valence-corrected chi connectivity index (χ1v) is 5.55. The third kappa shape index (κ3) is 3.77. The molecular weight excluding hydrogens is 252 g/mol. The maximum atomic E-state index is 11.2. The molecule has 7 heteroatoms. The molecular formula is C12H14N2O5. The zero-order chi connectivity index (χ0) is 14.6. The van der Waals surface area contributed by atoms with Crippen LogP contribution >= 0.6 is 0 Å². The van der Waals surface area contributed by atoms with Gasteiger partial charge >= 0.3 is 5.97 Å². The van der Waals surface area contributed by atoms with Crippen LogP contribution in [-0.2, 0) is 4.79 Å². The molecule has 0 amide bonds. The van der Waals surface area contributed by atoms with Crippen LogP contribution in [0.5, 0.6) is 0 Å². The minimum atomic E-state index is -0.977. The van der Waals surface area contributed by atoms with E-state index in [0.29, 0.717) is 0 Å². The van der Waals surface area contributed by atoms with E-state index in [4.69, 9.17) is 5.11 Å². The fraction of sp³-hybridized carbons (Fsp3) is 0.333. The van der Waals surface area contributed by atoms with Crippen LogP contribution in [0.1, 0.15) is 23.7 Å². The number of anilines is 1. The summed E-state index contributed by atoms with van der Waals surface area (Å²) in [5.74, 6) is -1.24. The van der Waals surface area contributed by atoms with E-state index in [1.54, 1.807) is 7.05 Å². The molecule has 0 atom stereocenters. The van der Waals surface area contributed by atoms with Gasteiger partial charge in [-0.1, -0.05) is 0 Å². The van der Waals surface area contributed by atoms with Crippen molar-refractivity contribution in [3.63, 3.8) is 0 Å². The summed E-state index contributed by atoms with van der Waals surface area (Å²) in [6.07, 6.45) is -0.123. The predicted octanol–water partition coefficient (Wildman–Crippen LogP) is 1.71. The lowest BCUT2D eigenvalue weighted by Gasteiger charge is -2.18. The Labute approximate surface area is 109 Å². The average molecular weight is 266 g/mol. The van der Waals surface area contributed by atoms with Gasteiger partial charge in [0.05, 0.1) is 11.3 Å². The van der Waals surface area contributed by atoms with Crippen LogP contribution in [0.3, 0.4) is 0 Å². The summed E-state index contributed by atoms with van der Waals surface area (Å²) in [5.41, 5.74) is 0.332. The lowest BCUT2D eigenvalue weighted by molar-refractivity contribution is -0.384. The molecule has 19 heavy (non-hydrogen) atoms. The van der Waals surface area contributed by atoms with Gasteiger partial charge in [0.2, 0.25) is 0 Å². The Hall–Kier alpha value is -2.44. The quantitative estimate of drug-likeness (QED) is 0.478. The van der Waals surface area contributed by atoms with Gasteiger partial charge in [0.15, 0.2) is 5.78 Å². The molecule has 0 spiro atoms. The third-order valence-electron chi connectivity index (χ3n) is 2.65. The average Bonchev–Trinajstić information content (AvgIpc) is 2.34. The maximum Gasteiger partial charge on any atom is 0.305 e.